The van der Waals surface area contributed by atoms with E-state index in [9.17, 15) is 0 Å². The van der Waals surface area contributed by atoms with Gasteiger partial charge in [-0.25, -0.2) is 4.98 Å². The first kappa shape index (κ1) is 14.4. The number of thiazole rings is 1. The average Bonchev–Trinajstić information content (AvgIpc) is 3.16. The van der Waals surface area contributed by atoms with Crippen molar-refractivity contribution in [1.29, 1.82) is 5.26 Å². The number of nitrogens with zero attached hydrogens (tertiary/aromatic N) is 2. The lowest BCUT2D eigenvalue weighted by molar-refractivity contribution is 0.548. The van der Waals surface area contributed by atoms with Gasteiger partial charge in [-0.3, -0.25) is 0 Å². The summed E-state index contributed by atoms with van der Waals surface area (Å²) in [6.45, 7) is 2.64. The number of anilines is 1. The number of hydrogen-bond donors (Lipinski definition) is 1. The highest BCUT2D eigenvalue weighted by atomic mass is 32.1. The van der Waals surface area contributed by atoms with Gasteiger partial charge in [-0.2, -0.15) is 5.26 Å². The van der Waals surface area contributed by atoms with E-state index in [0.717, 1.165) is 39.2 Å². The minimum Gasteiger partial charge on any atom is -0.459 e. The van der Waals surface area contributed by atoms with Crippen molar-refractivity contribution in [2.45, 2.75) is 19.9 Å². The molecular formula is C17H15N3OS. The summed E-state index contributed by atoms with van der Waals surface area (Å²) in [5.74, 6) is 1.71. The van der Waals surface area contributed by atoms with E-state index < -0.39 is 0 Å². The van der Waals surface area contributed by atoms with E-state index in [1.165, 1.54) is 0 Å². The smallest absolute Gasteiger partial charge is 0.162 e. The summed E-state index contributed by atoms with van der Waals surface area (Å²) in [6.07, 6.45) is 2.32. The molecule has 2 heterocycles. The Labute approximate surface area is 133 Å². The molecule has 110 valence electrons. The van der Waals surface area contributed by atoms with Gasteiger partial charge in [0.25, 0.3) is 0 Å². The molecule has 3 aromatic rings. The van der Waals surface area contributed by atoms with Gasteiger partial charge in [-0.05, 0) is 36.8 Å². The maximum Gasteiger partial charge on any atom is 0.162 e. The molecule has 0 aliphatic carbocycles. The second-order valence-electron chi connectivity index (χ2n) is 4.93. The molecule has 0 saturated carbocycles. The van der Waals surface area contributed by atoms with E-state index in [0.29, 0.717) is 6.42 Å². The summed E-state index contributed by atoms with van der Waals surface area (Å²) in [6, 6.07) is 13.9. The maximum absolute atomic E-state index is 8.66. The number of nitriles is 1. The highest BCUT2D eigenvalue weighted by Gasteiger charge is 2.08. The van der Waals surface area contributed by atoms with Crippen LogP contribution in [0.15, 0.2) is 47.0 Å². The number of nitrogens with one attached hydrogen (secondary N) is 1. The Hall–Kier alpha value is -2.58. The van der Waals surface area contributed by atoms with Crippen LogP contribution in [0.25, 0.3) is 10.8 Å². The highest BCUT2D eigenvalue weighted by Crippen LogP contribution is 2.27. The molecule has 0 unspecified atom stereocenters. The van der Waals surface area contributed by atoms with Gasteiger partial charge in [-0.1, -0.05) is 12.1 Å². The van der Waals surface area contributed by atoms with Gasteiger partial charge >= 0.3 is 0 Å². The molecule has 2 aromatic heterocycles. The normalized spacial score (nSPS) is 10.4. The Morgan fingerprint density at radius 1 is 1.23 bits per heavy atom. The summed E-state index contributed by atoms with van der Waals surface area (Å²) < 4.78 is 5.58. The monoisotopic (exact) mass is 309 g/mol. The van der Waals surface area contributed by atoms with E-state index in [-0.39, 0.29) is 0 Å². The molecule has 0 fully saturated rings. The molecule has 0 atom stereocenters. The molecule has 4 nitrogen and oxygen atoms in total. The molecule has 1 aromatic carbocycles. The molecular weight excluding hydrogens is 294 g/mol. The molecule has 0 saturated heterocycles. The molecule has 0 aliphatic heterocycles. The van der Waals surface area contributed by atoms with Gasteiger partial charge in [0.05, 0.1) is 19.0 Å². The van der Waals surface area contributed by atoms with Crippen LogP contribution >= 0.6 is 11.3 Å². The van der Waals surface area contributed by atoms with Crippen LogP contribution in [0.4, 0.5) is 5.69 Å². The van der Waals surface area contributed by atoms with Crippen molar-refractivity contribution in [3.05, 3.63) is 58.8 Å². The largest absolute Gasteiger partial charge is 0.459 e. The standard InChI is InChI=1S/C17H15N3OS/c1-12-2-7-16(21-12)17-20-11-15(22-17)10-19-14-5-3-13(4-6-14)8-9-18/h2-7,11,19H,8,10H2,1H3. The third-order valence-corrected chi connectivity index (χ3v) is 4.22. The van der Waals surface area contributed by atoms with Crippen LogP contribution in [0, 0.1) is 18.3 Å². The molecule has 3 rings (SSSR count). The Morgan fingerprint density at radius 2 is 2.05 bits per heavy atom. The molecule has 0 radical (unpaired) electrons. The molecule has 0 bridgehead atoms. The third-order valence-electron chi connectivity index (χ3n) is 3.21. The zero-order chi connectivity index (χ0) is 15.4. The second-order valence-corrected chi connectivity index (χ2v) is 6.04. The molecule has 0 spiro atoms. The molecule has 22 heavy (non-hydrogen) atoms. The summed E-state index contributed by atoms with van der Waals surface area (Å²) >= 11 is 1.62. The fourth-order valence-corrected chi connectivity index (χ4v) is 2.89. The first-order chi connectivity index (χ1) is 10.7. The summed E-state index contributed by atoms with van der Waals surface area (Å²) in [5.41, 5.74) is 2.06. The third kappa shape index (κ3) is 3.35. The van der Waals surface area contributed by atoms with Crippen molar-refractivity contribution < 1.29 is 4.42 Å². The number of aromatic nitrogens is 1. The van der Waals surface area contributed by atoms with Gasteiger partial charge in [0, 0.05) is 16.8 Å². The van der Waals surface area contributed by atoms with E-state index >= 15 is 0 Å². The van der Waals surface area contributed by atoms with Crippen LogP contribution < -0.4 is 5.32 Å². The molecule has 1 N–H and O–H groups in total. The minimum atomic E-state index is 0.445. The highest BCUT2D eigenvalue weighted by molar-refractivity contribution is 7.14. The van der Waals surface area contributed by atoms with Crippen molar-refractivity contribution in [3.8, 4) is 16.8 Å². The van der Waals surface area contributed by atoms with Crippen LogP contribution in [0.2, 0.25) is 0 Å². The van der Waals surface area contributed by atoms with Crippen LogP contribution in [0.3, 0.4) is 0 Å². The number of aryl methyl sites for hydroxylation is 1. The number of rotatable bonds is 5. The predicted molar refractivity (Wildman–Crippen MR) is 87.6 cm³/mol. The molecule has 0 aliphatic rings. The molecule has 5 heteroatoms. The second kappa shape index (κ2) is 6.46. The van der Waals surface area contributed by atoms with Crippen LogP contribution in [0.5, 0.6) is 0 Å². The van der Waals surface area contributed by atoms with Crippen molar-refractivity contribution in [2.75, 3.05) is 5.32 Å². The van der Waals surface area contributed by atoms with Crippen LogP contribution in [-0.2, 0) is 13.0 Å². The van der Waals surface area contributed by atoms with Gasteiger partial charge in [0.15, 0.2) is 10.8 Å². The van der Waals surface area contributed by atoms with Crippen molar-refractivity contribution >= 4 is 17.0 Å². The van der Waals surface area contributed by atoms with E-state index in [1.54, 1.807) is 11.3 Å². The summed E-state index contributed by atoms with van der Waals surface area (Å²) in [5, 5.41) is 12.9. The van der Waals surface area contributed by atoms with Crippen molar-refractivity contribution in [1.82, 2.24) is 4.98 Å². The zero-order valence-corrected chi connectivity index (χ0v) is 13.0. The quantitative estimate of drug-likeness (QED) is 0.759. The predicted octanol–water partition coefficient (Wildman–Crippen LogP) is 4.39. The number of furan rings is 1. The lowest BCUT2D eigenvalue weighted by Crippen LogP contribution is -1.97. The minimum absolute atomic E-state index is 0.445. The first-order valence-electron chi connectivity index (χ1n) is 6.96. The fraction of sp³-hybridized carbons (Fsp3) is 0.176. The number of hydrogen-bond acceptors (Lipinski definition) is 5. The SMILES string of the molecule is Cc1ccc(-c2ncc(CNc3ccc(CC#N)cc3)s2)o1. The topological polar surface area (TPSA) is 61.9 Å². The van der Waals surface area contributed by atoms with Crippen LogP contribution in [0.1, 0.15) is 16.2 Å². The van der Waals surface area contributed by atoms with Gasteiger partial charge in [0.1, 0.15) is 5.76 Å². The Morgan fingerprint density at radius 3 is 2.73 bits per heavy atom. The van der Waals surface area contributed by atoms with E-state index in [2.05, 4.69) is 16.4 Å². The van der Waals surface area contributed by atoms with Gasteiger partial charge in [0.2, 0.25) is 0 Å². The first-order valence-corrected chi connectivity index (χ1v) is 7.77. The van der Waals surface area contributed by atoms with Crippen molar-refractivity contribution in [2.24, 2.45) is 0 Å². The summed E-state index contributed by atoms with van der Waals surface area (Å²) in [4.78, 5) is 5.54. The lowest BCUT2D eigenvalue weighted by Gasteiger charge is -2.04. The number of benzene rings is 1. The van der Waals surface area contributed by atoms with E-state index in [1.807, 2.05) is 49.5 Å². The lowest BCUT2D eigenvalue weighted by atomic mass is 10.1. The molecule has 0 amide bonds. The maximum atomic E-state index is 8.66. The Kier molecular flexibility index (Phi) is 4.22. The zero-order valence-electron chi connectivity index (χ0n) is 12.2. The Bertz CT molecular complexity index is 796. The Balaban J connectivity index is 1.62. The van der Waals surface area contributed by atoms with Gasteiger partial charge in [-0.15, -0.1) is 11.3 Å². The average molecular weight is 309 g/mol. The van der Waals surface area contributed by atoms with Crippen LogP contribution in [-0.4, -0.2) is 4.98 Å². The summed E-state index contributed by atoms with van der Waals surface area (Å²) in [7, 11) is 0. The fourth-order valence-electron chi connectivity index (χ4n) is 2.07. The van der Waals surface area contributed by atoms with Gasteiger partial charge < -0.3 is 9.73 Å². The van der Waals surface area contributed by atoms with E-state index in [4.69, 9.17) is 9.68 Å². The van der Waals surface area contributed by atoms with Crippen molar-refractivity contribution in [3.63, 3.8) is 0 Å².